The fourth-order valence-electron chi connectivity index (χ4n) is 4.10. The van der Waals surface area contributed by atoms with Gasteiger partial charge in [0.25, 0.3) is 0 Å². The molecular formula is C25H32O12. The van der Waals surface area contributed by atoms with E-state index < -0.39 is 61.5 Å². The van der Waals surface area contributed by atoms with Crippen molar-refractivity contribution in [2.24, 2.45) is 5.92 Å². The second-order valence-electron chi connectivity index (χ2n) is 8.55. The Morgan fingerprint density at radius 1 is 1.08 bits per heavy atom. The molecule has 2 aliphatic rings. The first-order chi connectivity index (χ1) is 17.7. The molecule has 0 saturated carbocycles. The molecule has 204 valence electrons. The normalized spacial score (nSPS) is 30.8. The number of methoxy groups -OCH3 is 1. The third kappa shape index (κ3) is 6.86. The van der Waals surface area contributed by atoms with Crippen LogP contribution in [0.3, 0.4) is 0 Å². The number of aliphatic hydroxyl groups is 4. The summed E-state index contributed by atoms with van der Waals surface area (Å²) in [5.74, 6) is -2.07. The van der Waals surface area contributed by atoms with Gasteiger partial charge in [0.15, 0.2) is 6.29 Å². The summed E-state index contributed by atoms with van der Waals surface area (Å²) < 4.78 is 26.8. The van der Waals surface area contributed by atoms with Crippen molar-refractivity contribution in [3.8, 4) is 5.75 Å². The number of aliphatic hydroxyl groups excluding tert-OH is 4. The van der Waals surface area contributed by atoms with Crippen molar-refractivity contribution in [1.29, 1.82) is 0 Å². The van der Waals surface area contributed by atoms with E-state index in [-0.39, 0.29) is 24.4 Å². The average molecular weight is 525 g/mol. The van der Waals surface area contributed by atoms with Gasteiger partial charge in [-0.05, 0) is 24.6 Å². The van der Waals surface area contributed by atoms with Gasteiger partial charge in [-0.25, -0.2) is 4.79 Å². The zero-order valence-electron chi connectivity index (χ0n) is 20.4. The molecule has 0 bridgehead atoms. The zero-order chi connectivity index (χ0) is 27.1. The van der Waals surface area contributed by atoms with Crippen LogP contribution in [0.25, 0.3) is 0 Å². The molecule has 1 aromatic carbocycles. The largest absolute Gasteiger partial charge is 0.508 e. The van der Waals surface area contributed by atoms with Gasteiger partial charge in [-0.3, -0.25) is 4.79 Å². The Morgan fingerprint density at radius 2 is 1.78 bits per heavy atom. The summed E-state index contributed by atoms with van der Waals surface area (Å²) in [6.07, 6.45) is -6.02. The Balaban J connectivity index is 1.71. The molecule has 2 aliphatic heterocycles. The highest BCUT2D eigenvalue weighted by atomic mass is 16.8. The van der Waals surface area contributed by atoms with Crippen LogP contribution >= 0.6 is 0 Å². The predicted molar refractivity (Wildman–Crippen MR) is 124 cm³/mol. The van der Waals surface area contributed by atoms with Crippen molar-refractivity contribution < 1.29 is 58.8 Å². The van der Waals surface area contributed by atoms with E-state index in [1.807, 2.05) is 0 Å². The molecule has 1 saturated heterocycles. The number of esters is 2. The topological polar surface area (TPSA) is 181 Å². The lowest BCUT2D eigenvalue weighted by molar-refractivity contribution is -0.327. The van der Waals surface area contributed by atoms with Gasteiger partial charge in [0.2, 0.25) is 6.29 Å². The van der Waals surface area contributed by atoms with E-state index in [1.54, 1.807) is 25.1 Å². The number of carbonyl (C=O) groups is 2. The summed E-state index contributed by atoms with van der Waals surface area (Å²) in [5.41, 5.74) is 1.23. The van der Waals surface area contributed by atoms with Crippen molar-refractivity contribution in [3.63, 3.8) is 0 Å². The van der Waals surface area contributed by atoms with E-state index in [4.69, 9.17) is 23.7 Å². The summed E-state index contributed by atoms with van der Waals surface area (Å²) in [7, 11) is 1.18. The fourth-order valence-corrected chi connectivity index (χ4v) is 4.10. The number of hydrogen-bond acceptors (Lipinski definition) is 12. The first-order valence-electron chi connectivity index (χ1n) is 11.7. The minimum Gasteiger partial charge on any atom is -0.508 e. The van der Waals surface area contributed by atoms with Crippen LogP contribution < -0.4 is 0 Å². The Kier molecular flexibility index (Phi) is 10.0. The van der Waals surface area contributed by atoms with Gasteiger partial charge in [-0.1, -0.05) is 18.2 Å². The average Bonchev–Trinajstić information content (AvgIpc) is 2.89. The van der Waals surface area contributed by atoms with Gasteiger partial charge in [-0.2, -0.15) is 0 Å². The van der Waals surface area contributed by atoms with E-state index in [1.165, 1.54) is 19.2 Å². The number of ether oxygens (including phenoxy) is 5. The maximum absolute atomic E-state index is 12.7. The lowest BCUT2D eigenvalue weighted by atomic mass is 9.86. The zero-order valence-corrected chi connectivity index (χ0v) is 20.4. The van der Waals surface area contributed by atoms with Crippen LogP contribution in [0.1, 0.15) is 18.9 Å². The fraction of sp³-hybridized carbons (Fsp3) is 0.520. The number of benzene rings is 1. The molecule has 5 N–H and O–H groups in total. The maximum Gasteiger partial charge on any atom is 0.337 e. The third-order valence-electron chi connectivity index (χ3n) is 6.19. The highest BCUT2D eigenvalue weighted by Crippen LogP contribution is 2.36. The third-order valence-corrected chi connectivity index (χ3v) is 6.19. The van der Waals surface area contributed by atoms with Crippen molar-refractivity contribution in [1.82, 2.24) is 0 Å². The Morgan fingerprint density at radius 3 is 2.41 bits per heavy atom. The summed E-state index contributed by atoms with van der Waals surface area (Å²) in [6, 6.07) is 6.47. The highest BCUT2D eigenvalue weighted by molar-refractivity contribution is 5.90. The molecule has 0 unspecified atom stereocenters. The second-order valence-corrected chi connectivity index (χ2v) is 8.55. The standard InChI is InChI=1S/C25H32O12/c1-3-15-16(10-19(28)34-9-8-13-4-6-14(27)7-5-13)17(23(32)33-2)12-35-24(15)37-25-22(31)21(30)20(29)18(11-26)36-25/h3-7,12,16,18,20-22,24-27,29-31H,8-11H2,1-2H3/t16-,18+,20+,21-,22+,24-,25+/m0/s1. The molecule has 1 aromatic rings. The van der Waals surface area contributed by atoms with Crippen LogP contribution in [-0.4, -0.2) is 94.8 Å². The molecule has 2 heterocycles. The smallest absolute Gasteiger partial charge is 0.337 e. The number of phenols is 1. The lowest BCUT2D eigenvalue weighted by Gasteiger charge is -2.41. The minimum absolute atomic E-state index is 0.0414. The SMILES string of the molecule is CC=C1[C@H](O[C@H]2O[C@H](CO)[C@@H](O)[C@H](O)[C@H]2O)OC=C(C(=O)OC)[C@H]1CC(=O)OCCc1ccc(O)cc1. The molecular weight excluding hydrogens is 492 g/mol. The molecule has 7 atom stereocenters. The molecule has 1 fully saturated rings. The van der Waals surface area contributed by atoms with Crippen LogP contribution in [0.15, 0.2) is 47.7 Å². The van der Waals surface area contributed by atoms with Crippen LogP contribution in [0.4, 0.5) is 0 Å². The van der Waals surface area contributed by atoms with Crippen LogP contribution in [0.5, 0.6) is 5.75 Å². The van der Waals surface area contributed by atoms with Gasteiger partial charge in [0.05, 0.1) is 38.6 Å². The first-order valence-corrected chi connectivity index (χ1v) is 11.7. The Labute approximate surface area is 213 Å². The molecule has 0 radical (unpaired) electrons. The van der Waals surface area contributed by atoms with Crippen molar-refractivity contribution in [3.05, 3.63) is 53.3 Å². The number of allylic oxidation sites excluding steroid dienone is 1. The maximum atomic E-state index is 12.7. The summed E-state index contributed by atoms with van der Waals surface area (Å²) >= 11 is 0. The molecule has 12 nitrogen and oxygen atoms in total. The van der Waals surface area contributed by atoms with Crippen LogP contribution in [-0.2, 0) is 39.7 Å². The van der Waals surface area contributed by atoms with Gasteiger partial charge < -0.3 is 49.2 Å². The molecule has 0 amide bonds. The number of hydrogen-bond donors (Lipinski definition) is 5. The van der Waals surface area contributed by atoms with Gasteiger partial charge in [-0.15, -0.1) is 0 Å². The highest BCUT2D eigenvalue weighted by Gasteiger charge is 2.46. The lowest BCUT2D eigenvalue weighted by Crippen LogP contribution is -2.60. The molecule has 12 heteroatoms. The number of phenolic OH excluding ortho intramolecular Hbond substituents is 1. The Hall–Kier alpha value is -3.00. The van der Waals surface area contributed by atoms with Crippen molar-refractivity contribution in [2.45, 2.75) is 56.8 Å². The second kappa shape index (κ2) is 13.0. The molecule has 37 heavy (non-hydrogen) atoms. The van der Waals surface area contributed by atoms with E-state index >= 15 is 0 Å². The minimum atomic E-state index is -1.67. The van der Waals surface area contributed by atoms with Crippen molar-refractivity contribution >= 4 is 11.9 Å². The van der Waals surface area contributed by atoms with E-state index in [9.17, 15) is 35.1 Å². The first kappa shape index (κ1) is 28.6. The number of rotatable bonds is 9. The van der Waals surface area contributed by atoms with Gasteiger partial charge in [0, 0.05) is 17.9 Å². The summed E-state index contributed by atoms with van der Waals surface area (Å²) in [6.45, 7) is 1.06. The number of carbonyl (C=O) groups excluding carboxylic acids is 2. The molecule has 0 aliphatic carbocycles. The molecule has 0 spiro atoms. The monoisotopic (exact) mass is 524 g/mol. The summed E-state index contributed by atoms with van der Waals surface area (Å²) in [5, 5.41) is 49.1. The van der Waals surface area contributed by atoms with Crippen LogP contribution in [0, 0.1) is 5.92 Å². The van der Waals surface area contributed by atoms with Crippen LogP contribution in [0.2, 0.25) is 0 Å². The van der Waals surface area contributed by atoms with Gasteiger partial charge in [0.1, 0.15) is 30.2 Å². The number of aromatic hydroxyl groups is 1. The van der Waals surface area contributed by atoms with Gasteiger partial charge >= 0.3 is 11.9 Å². The van der Waals surface area contributed by atoms with E-state index in [0.717, 1.165) is 11.8 Å². The van der Waals surface area contributed by atoms with E-state index in [2.05, 4.69) is 0 Å². The van der Waals surface area contributed by atoms with E-state index in [0.29, 0.717) is 12.0 Å². The quantitative estimate of drug-likeness (QED) is 0.210. The van der Waals surface area contributed by atoms with Crippen molar-refractivity contribution in [2.75, 3.05) is 20.3 Å². The summed E-state index contributed by atoms with van der Waals surface area (Å²) in [4.78, 5) is 25.1. The predicted octanol–water partition coefficient (Wildman–Crippen LogP) is -0.340. The molecule has 3 rings (SSSR count). The Bertz CT molecular complexity index is 986. The molecule has 0 aromatic heterocycles.